The van der Waals surface area contributed by atoms with Crippen molar-refractivity contribution in [1.82, 2.24) is 4.98 Å². The topological polar surface area (TPSA) is 12.9 Å². The number of alkyl halides is 1. The normalized spacial score (nSPS) is 33.9. The molecule has 4 rings (SSSR count). The van der Waals surface area contributed by atoms with Crippen molar-refractivity contribution in [3.8, 4) is 0 Å². The summed E-state index contributed by atoms with van der Waals surface area (Å²) in [4.78, 5) is 8.95. The van der Waals surface area contributed by atoms with Crippen molar-refractivity contribution in [3.63, 3.8) is 0 Å². The van der Waals surface area contributed by atoms with Crippen LogP contribution in [0.15, 0.2) is 11.6 Å². The molecule has 1 saturated carbocycles. The molecule has 1 aliphatic heterocycles. The van der Waals surface area contributed by atoms with Crippen LogP contribution in [-0.4, -0.2) is 17.2 Å². The van der Waals surface area contributed by atoms with Gasteiger partial charge < -0.3 is 0 Å². The summed E-state index contributed by atoms with van der Waals surface area (Å²) >= 11 is 2.19. The molecule has 2 heterocycles. The van der Waals surface area contributed by atoms with E-state index in [4.69, 9.17) is 4.98 Å². The van der Waals surface area contributed by atoms with Gasteiger partial charge in [0.15, 0.2) is 0 Å². The average Bonchev–Trinajstić information content (AvgIpc) is 2.97. The number of allylic oxidation sites excluding steroid dienone is 2. The predicted molar refractivity (Wildman–Crippen MR) is 68.4 cm³/mol. The molecule has 1 radical (unpaired) electrons. The molecule has 1 spiro atoms. The summed E-state index contributed by atoms with van der Waals surface area (Å²) in [5.74, 6) is 0.712. The van der Waals surface area contributed by atoms with Crippen LogP contribution in [0, 0.1) is 3.01 Å². The molecule has 3 aliphatic rings. The van der Waals surface area contributed by atoms with Crippen molar-refractivity contribution in [1.29, 1.82) is 0 Å². The van der Waals surface area contributed by atoms with Crippen LogP contribution in [-0.2, 0) is 6.42 Å². The van der Waals surface area contributed by atoms with Crippen molar-refractivity contribution in [2.24, 2.45) is 0 Å². The third-order valence-corrected chi connectivity index (χ3v) is 8.23. The van der Waals surface area contributed by atoms with Crippen molar-refractivity contribution >= 4 is 18.6 Å². The zero-order valence-electron chi connectivity index (χ0n) is 10.0. The first-order chi connectivity index (χ1) is 8.33. The standard InChI is InChI=1S/C13H15BINS/c1-15-12-16-11-9-4-2-3-8-7-13(8,9)14-6-5-10(11)17-12/h7,9H,2-6H2,1H3/q-1. The number of halogens is 1. The Bertz CT molecular complexity index is 510. The Kier molecular flexibility index (Phi) is 2.48. The molecule has 89 valence electrons. The summed E-state index contributed by atoms with van der Waals surface area (Å²) < 4.78 is 1.46. The van der Waals surface area contributed by atoms with Gasteiger partial charge in [0, 0.05) is 0 Å². The van der Waals surface area contributed by atoms with E-state index >= 15 is 0 Å². The summed E-state index contributed by atoms with van der Waals surface area (Å²) in [5, 5.41) is 0.404. The number of hydrogen-bond acceptors (Lipinski definition) is 2. The van der Waals surface area contributed by atoms with E-state index in [1.807, 2.05) is 11.3 Å². The second-order valence-electron chi connectivity index (χ2n) is 5.25. The van der Waals surface area contributed by atoms with Crippen molar-refractivity contribution in [2.45, 2.75) is 43.2 Å². The number of hydrogen-bond donors (Lipinski definition) is 0. The fourth-order valence-electron chi connectivity index (χ4n) is 3.60. The van der Waals surface area contributed by atoms with Gasteiger partial charge >= 0.3 is 118 Å². The van der Waals surface area contributed by atoms with Crippen LogP contribution in [0.25, 0.3) is 0 Å². The number of aromatic nitrogens is 1. The molecule has 2 unspecified atom stereocenters. The number of fused-ring (bicyclic) bond motifs is 2. The van der Waals surface area contributed by atoms with Crippen molar-refractivity contribution < 1.29 is 21.2 Å². The van der Waals surface area contributed by atoms with Gasteiger partial charge in [0.1, 0.15) is 0 Å². The molecule has 0 amide bonds. The van der Waals surface area contributed by atoms with Gasteiger partial charge in [0.25, 0.3) is 0 Å². The summed E-state index contributed by atoms with van der Waals surface area (Å²) in [6.07, 6.45) is 9.12. The predicted octanol–water partition coefficient (Wildman–Crippen LogP) is 0.0763. The minimum absolute atomic E-state index is 0.171. The molecule has 17 heavy (non-hydrogen) atoms. The molecule has 4 heteroatoms. The molecule has 1 aromatic rings. The molecule has 0 aromatic carbocycles. The van der Waals surface area contributed by atoms with Crippen LogP contribution >= 0.6 is 11.3 Å². The first-order valence-corrected chi connectivity index (χ1v) is 10.4. The van der Waals surface area contributed by atoms with E-state index in [0.29, 0.717) is 11.2 Å². The third-order valence-electron chi connectivity index (χ3n) is 4.45. The van der Waals surface area contributed by atoms with Gasteiger partial charge in [-0.1, -0.05) is 0 Å². The molecule has 2 atom stereocenters. The Morgan fingerprint density at radius 2 is 2.47 bits per heavy atom. The van der Waals surface area contributed by atoms with Crippen molar-refractivity contribution in [2.75, 3.05) is 4.93 Å². The molecule has 1 nitrogen and oxygen atoms in total. The first-order valence-electron chi connectivity index (χ1n) is 6.39. The quantitative estimate of drug-likeness (QED) is 0.301. The Morgan fingerprint density at radius 3 is 3.35 bits per heavy atom. The van der Waals surface area contributed by atoms with Gasteiger partial charge in [-0.2, -0.15) is 0 Å². The maximum absolute atomic E-state index is 5.00. The minimum atomic E-state index is 0.171. The second kappa shape index (κ2) is 3.83. The van der Waals surface area contributed by atoms with E-state index in [1.165, 1.54) is 40.7 Å². The van der Waals surface area contributed by atoms with Gasteiger partial charge in [0.05, 0.1) is 0 Å². The van der Waals surface area contributed by atoms with Gasteiger partial charge in [-0.05, 0) is 0 Å². The Balaban J connectivity index is 1.79. The van der Waals surface area contributed by atoms with Crippen LogP contribution in [0.2, 0.25) is 11.6 Å². The molecule has 1 aromatic heterocycles. The van der Waals surface area contributed by atoms with E-state index in [-0.39, 0.29) is 21.2 Å². The van der Waals surface area contributed by atoms with Crippen LogP contribution < -0.4 is 21.2 Å². The summed E-state index contributed by atoms with van der Waals surface area (Å²) in [6, 6.07) is 0. The Morgan fingerprint density at radius 1 is 1.53 bits per heavy atom. The zero-order chi connectivity index (χ0) is 11.5. The van der Waals surface area contributed by atoms with Crippen molar-refractivity contribution in [3.05, 3.63) is 25.2 Å². The third kappa shape index (κ3) is 1.52. The summed E-state index contributed by atoms with van der Waals surface area (Å²) in [6.45, 7) is 0. The number of thiazole rings is 1. The van der Waals surface area contributed by atoms with Gasteiger partial charge in [-0.15, -0.1) is 0 Å². The van der Waals surface area contributed by atoms with Gasteiger partial charge in [-0.25, -0.2) is 0 Å². The maximum atomic E-state index is 5.00. The molecule has 1 fully saturated rings. The Hall–Kier alpha value is 0.165. The van der Waals surface area contributed by atoms with Crippen LogP contribution in [0.1, 0.15) is 35.8 Å². The fraction of sp³-hybridized carbons (Fsp3) is 0.615. The SMILES string of the molecule is C[I-]c1nc2c(s1)CC[B]C13C=C1CCCC23. The fourth-order valence-corrected chi connectivity index (χ4v) is 6.50. The van der Waals surface area contributed by atoms with Crippen LogP contribution in [0.5, 0.6) is 0 Å². The monoisotopic (exact) mass is 355 g/mol. The Labute approximate surface area is 118 Å². The number of rotatable bonds is 1. The summed E-state index contributed by atoms with van der Waals surface area (Å²) in [7, 11) is 2.60. The van der Waals surface area contributed by atoms with E-state index in [2.05, 4.69) is 18.3 Å². The van der Waals surface area contributed by atoms with E-state index < -0.39 is 0 Å². The van der Waals surface area contributed by atoms with E-state index in [1.54, 1.807) is 10.5 Å². The molecule has 2 aliphatic carbocycles. The van der Waals surface area contributed by atoms with E-state index in [9.17, 15) is 0 Å². The molecule has 0 bridgehead atoms. The van der Waals surface area contributed by atoms with Gasteiger partial charge in [-0.3, -0.25) is 0 Å². The number of nitrogens with zero attached hydrogens (tertiary/aromatic N) is 1. The van der Waals surface area contributed by atoms with Crippen LogP contribution in [0.3, 0.4) is 0 Å². The summed E-state index contributed by atoms with van der Waals surface area (Å²) in [5.41, 5.74) is 3.22. The zero-order valence-corrected chi connectivity index (χ0v) is 13.0. The van der Waals surface area contributed by atoms with Gasteiger partial charge in [0.2, 0.25) is 0 Å². The number of aryl methyl sites for hydroxylation is 1. The molecule has 0 N–H and O–H groups in total. The van der Waals surface area contributed by atoms with Crippen LogP contribution in [0.4, 0.5) is 0 Å². The van der Waals surface area contributed by atoms with E-state index in [0.717, 1.165) is 0 Å². The molecule has 0 saturated heterocycles. The first kappa shape index (κ1) is 11.0. The average molecular weight is 355 g/mol. The molecular weight excluding hydrogens is 340 g/mol. The second-order valence-corrected chi connectivity index (χ2v) is 9.17. The molecular formula is C13H15BINS-.